The maximum absolute atomic E-state index is 12.1. The molecular weight excluding hydrogens is 294 g/mol. The number of hydrogen-bond donors (Lipinski definition) is 1. The summed E-state index contributed by atoms with van der Waals surface area (Å²) < 4.78 is 4.84. The average Bonchev–Trinajstić information content (AvgIpc) is 2.73. The zero-order valence-corrected chi connectivity index (χ0v) is 12.9. The zero-order valence-electron chi connectivity index (χ0n) is 12.2. The van der Waals surface area contributed by atoms with Crippen LogP contribution in [0, 0.1) is 5.92 Å². The number of esters is 1. The number of hydrogen-bond acceptors (Lipinski definition) is 4. The molecule has 0 unspecified atom stereocenters. The summed E-state index contributed by atoms with van der Waals surface area (Å²) in [4.78, 5) is 25.4. The van der Waals surface area contributed by atoms with Crippen molar-refractivity contribution in [3.8, 4) is 0 Å². The van der Waals surface area contributed by atoms with Gasteiger partial charge in [0.2, 0.25) is 0 Å². The van der Waals surface area contributed by atoms with Crippen LogP contribution in [0.4, 0.5) is 0 Å². The Balaban J connectivity index is 2.44. The molecule has 114 valence electrons. The lowest BCUT2D eigenvalue weighted by Crippen LogP contribution is -2.47. The van der Waals surface area contributed by atoms with Crippen molar-refractivity contribution in [2.45, 2.75) is 24.9 Å². The van der Waals surface area contributed by atoms with E-state index in [0.29, 0.717) is 5.02 Å². The summed E-state index contributed by atoms with van der Waals surface area (Å²) >= 11 is 5.88. The van der Waals surface area contributed by atoms with E-state index in [9.17, 15) is 14.7 Å². The van der Waals surface area contributed by atoms with Gasteiger partial charge in [-0.2, -0.15) is 0 Å². The van der Waals surface area contributed by atoms with E-state index in [1.165, 1.54) is 7.11 Å². The molecule has 1 aromatic carbocycles. The first-order chi connectivity index (χ1) is 9.81. The van der Waals surface area contributed by atoms with Gasteiger partial charge in [-0.15, -0.1) is 0 Å². The van der Waals surface area contributed by atoms with Crippen LogP contribution in [0.2, 0.25) is 5.02 Å². The van der Waals surface area contributed by atoms with E-state index in [0.717, 1.165) is 5.56 Å². The number of carbonyl (C=O) groups excluding carboxylic acids is 1. The van der Waals surface area contributed by atoms with E-state index in [-0.39, 0.29) is 6.42 Å². The molecule has 0 saturated carbocycles. The predicted octanol–water partition coefficient (Wildman–Crippen LogP) is 2.35. The van der Waals surface area contributed by atoms with Crippen molar-refractivity contribution in [2.24, 2.45) is 5.92 Å². The van der Waals surface area contributed by atoms with Gasteiger partial charge in [0.05, 0.1) is 13.0 Å². The minimum Gasteiger partial charge on any atom is -0.481 e. The van der Waals surface area contributed by atoms with Crippen molar-refractivity contribution in [3.63, 3.8) is 0 Å². The normalized spacial score (nSPS) is 29.3. The molecule has 0 amide bonds. The van der Waals surface area contributed by atoms with Crippen molar-refractivity contribution in [1.82, 2.24) is 4.90 Å². The van der Waals surface area contributed by atoms with Crippen LogP contribution in [0.1, 0.15) is 24.9 Å². The average molecular weight is 312 g/mol. The summed E-state index contributed by atoms with van der Waals surface area (Å²) in [7, 11) is 3.06. The Morgan fingerprint density at radius 2 is 1.95 bits per heavy atom. The van der Waals surface area contributed by atoms with Gasteiger partial charge in [0.25, 0.3) is 0 Å². The van der Waals surface area contributed by atoms with E-state index >= 15 is 0 Å². The SMILES string of the molecule is COC(=O)[C@]1(C)C[C@H](C(=O)O)[C@H](c2ccc(Cl)cc2)N1C. The summed E-state index contributed by atoms with van der Waals surface area (Å²) in [5.74, 6) is -2.03. The lowest BCUT2D eigenvalue weighted by atomic mass is 9.90. The molecule has 1 aliphatic heterocycles. The standard InChI is InChI=1S/C15H18ClNO4/c1-15(14(20)21-3)8-11(13(18)19)12(17(15)2)9-4-6-10(16)7-5-9/h4-7,11-12H,8H2,1-3H3,(H,18,19)/t11-,12-,15-/m0/s1. The van der Waals surface area contributed by atoms with Crippen LogP contribution in [-0.2, 0) is 14.3 Å². The lowest BCUT2D eigenvalue weighted by molar-refractivity contribution is -0.152. The minimum absolute atomic E-state index is 0.207. The second-order valence-corrected chi connectivity index (χ2v) is 5.96. The predicted molar refractivity (Wildman–Crippen MR) is 78.1 cm³/mol. The molecule has 5 nitrogen and oxygen atoms in total. The number of likely N-dealkylation sites (N-methyl/N-ethyl adjacent to an activating group) is 1. The van der Waals surface area contributed by atoms with Crippen LogP contribution in [0.3, 0.4) is 0 Å². The minimum atomic E-state index is -0.956. The zero-order chi connectivity index (χ0) is 15.8. The van der Waals surface area contributed by atoms with Gasteiger partial charge < -0.3 is 9.84 Å². The maximum Gasteiger partial charge on any atom is 0.326 e. The highest BCUT2D eigenvalue weighted by atomic mass is 35.5. The highest BCUT2D eigenvalue weighted by Crippen LogP contribution is 2.46. The van der Waals surface area contributed by atoms with Gasteiger partial charge in [0.1, 0.15) is 5.54 Å². The second-order valence-electron chi connectivity index (χ2n) is 5.52. The lowest BCUT2D eigenvalue weighted by Gasteiger charge is -2.32. The van der Waals surface area contributed by atoms with Crippen molar-refractivity contribution in [2.75, 3.05) is 14.2 Å². The molecule has 1 aliphatic rings. The quantitative estimate of drug-likeness (QED) is 0.868. The Morgan fingerprint density at radius 1 is 1.38 bits per heavy atom. The Bertz CT molecular complexity index is 559. The fraction of sp³-hybridized carbons (Fsp3) is 0.467. The van der Waals surface area contributed by atoms with Crippen LogP contribution in [0.15, 0.2) is 24.3 Å². The summed E-state index contributed by atoms with van der Waals surface area (Å²) in [6.45, 7) is 1.71. The van der Waals surface area contributed by atoms with Crippen molar-refractivity contribution in [3.05, 3.63) is 34.9 Å². The van der Waals surface area contributed by atoms with Gasteiger partial charge in [-0.1, -0.05) is 23.7 Å². The fourth-order valence-corrected chi connectivity index (χ4v) is 3.17. The molecule has 21 heavy (non-hydrogen) atoms. The van der Waals surface area contributed by atoms with E-state index in [1.807, 2.05) is 0 Å². The van der Waals surface area contributed by atoms with Crippen LogP contribution in [-0.4, -0.2) is 41.6 Å². The van der Waals surface area contributed by atoms with Crippen LogP contribution < -0.4 is 0 Å². The molecule has 1 aromatic rings. The number of halogens is 1. The van der Waals surface area contributed by atoms with Gasteiger partial charge in [0.15, 0.2) is 0 Å². The number of benzene rings is 1. The molecule has 0 aromatic heterocycles. The Morgan fingerprint density at radius 3 is 2.43 bits per heavy atom. The summed E-state index contributed by atoms with van der Waals surface area (Å²) in [5, 5.41) is 10.1. The largest absolute Gasteiger partial charge is 0.481 e. The molecular formula is C15H18ClNO4. The molecule has 1 heterocycles. The maximum atomic E-state index is 12.1. The van der Waals surface area contributed by atoms with Crippen molar-refractivity contribution in [1.29, 1.82) is 0 Å². The van der Waals surface area contributed by atoms with Gasteiger partial charge in [-0.25, -0.2) is 0 Å². The van der Waals surface area contributed by atoms with Crippen molar-refractivity contribution < 1.29 is 19.4 Å². The third-order valence-electron chi connectivity index (χ3n) is 4.35. The Kier molecular flexibility index (Phi) is 4.25. The molecule has 1 N–H and O–H groups in total. The van der Waals surface area contributed by atoms with Gasteiger partial charge >= 0.3 is 11.9 Å². The number of rotatable bonds is 3. The number of aliphatic carboxylic acids is 1. The van der Waals surface area contributed by atoms with E-state index < -0.39 is 29.4 Å². The number of carboxylic acids is 1. The molecule has 0 spiro atoms. The number of likely N-dealkylation sites (tertiary alicyclic amines) is 1. The van der Waals surface area contributed by atoms with Crippen molar-refractivity contribution >= 4 is 23.5 Å². The molecule has 2 rings (SSSR count). The first-order valence-electron chi connectivity index (χ1n) is 6.61. The summed E-state index contributed by atoms with van der Waals surface area (Å²) in [6, 6.07) is 6.63. The van der Waals surface area contributed by atoms with E-state index in [2.05, 4.69) is 0 Å². The molecule has 1 saturated heterocycles. The van der Waals surface area contributed by atoms with E-state index in [4.69, 9.17) is 16.3 Å². The van der Waals surface area contributed by atoms with E-state index in [1.54, 1.807) is 43.1 Å². The number of ether oxygens (including phenoxy) is 1. The van der Waals surface area contributed by atoms with Crippen LogP contribution >= 0.6 is 11.6 Å². The third kappa shape index (κ3) is 2.63. The number of carbonyl (C=O) groups is 2. The van der Waals surface area contributed by atoms with Crippen LogP contribution in [0.25, 0.3) is 0 Å². The number of carboxylic acid groups (broad SMARTS) is 1. The summed E-state index contributed by atoms with van der Waals surface area (Å²) in [5.41, 5.74) is -0.135. The second kappa shape index (κ2) is 5.66. The Labute approximate surface area is 128 Å². The molecule has 1 fully saturated rings. The molecule has 0 bridgehead atoms. The smallest absolute Gasteiger partial charge is 0.326 e. The van der Waals surface area contributed by atoms with Gasteiger partial charge in [-0.3, -0.25) is 14.5 Å². The number of methoxy groups -OCH3 is 1. The highest BCUT2D eigenvalue weighted by Gasteiger charge is 2.55. The first kappa shape index (κ1) is 15.8. The summed E-state index contributed by atoms with van der Waals surface area (Å²) in [6.07, 6.45) is 0.207. The number of nitrogens with zero attached hydrogens (tertiary/aromatic N) is 1. The fourth-order valence-electron chi connectivity index (χ4n) is 3.05. The monoisotopic (exact) mass is 311 g/mol. The molecule has 0 radical (unpaired) electrons. The molecule has 0 aliphatic carbocycles. The highest BCUT2D eigenvalue weighted by molar-refractivity contribution is 6.30. The third-order valence-corrected chi connectivity index (χ3v) is 4.60. The molecule has 6 heteroatoms. The van der Waals surface area contributed by atoms with Crippen LogP contribution in [0.5, 0.6) is 0 Å². The molecule has 3 atom stereocenters. The Hall–Kier alpha value is -1.59. The van der Waals surface area contributed by atoms with Gasteiger partial charge in [0, 0.05) is 11.1 Å². The first-order valence-corrected chi connectivity index (χ1v) is 6.98. The van der Waals surface area contributed by atoms with Gasteiger partial charge in [-0.05, 0) is 38.1 Å². The topological polar surface area (TPSA) is 66.8 Å².